The van der Waals surface area contributed by atoms with E-state index in [1.54, 1.807) is 30.3 Å². The second-order valence-electron chi connectivity index (χ2n) is 5.70. The van der Waals surface area contributed by atoms with Crippen LogP contribution in [-0.2, 0) is 11.0 Å². The fraction of sp³-hybridized carbons (Fsp3) is 0.278. The first-order valence-electron chi connectivity index (χ1n) is 7.81. The molecule has 2 rings (SSSR count). The molecule has 2 N–H and O–H groups in total. The highest BCUT2D eigenvalue weighted by Crippen LogP contribution is 2.28. The van der Waals surface area contributed by atoms with E-state index in [-0.39, 0.29) is 24.1 Å². The zero-order valence-corrected chi connectivity index (χ0v) is 13.9. The number of nitrogens with zero attached hydrogens (tertiary/aromatic N) is 1. The zero-order chi connectivity index (χ0) is 19.3. The fourth-order valence-electron chi connectivity index (χ4n) is 2.47. The first kappa shape index (κ1) is 19.4. The lowest BCUT2D eigenvalue weighted by Gasteiger charge is -2.19. The summed E-state index contributed by atoms with van der Waals surface area (Å²) in [6.07, 6.45) is -4.60. The van der Waals surface area contributed by atoms with E-state index in [0.717, 1.165) is 12.1 Å². The molecule has 2 aromatic rings. The van der Waals surface area contributed by atoms with Crippen LogP contribution < -0.4 is 5.32 Å². The molecule has 0 aliphatic rings. The summed E-state index contributed by atoms with van der Waals surface area (Å²) < 4.78 is 38.1. The number of rotatable bonds is 6. The Morgan fingerprint density at radius 1 is 1.15 bits per heavy atom. The summed E-state index contributed by atoms with van der Waals surface area (Å²) in [6.45, 7) is 1.32. The molecule has 0 aliphatic carbocycles. The Hall–Kier alpha value is -2.90. The van der Waals surface area contributed by atoms with Crippen LogP contribution in [0.1, 0.15) is 46.2 Å². The Morgan fingerprint density at radius 2 is 1.81 bits per heavy atom. The summed E-state index contributed by atoms with van der Waals surface area (Å²) in [5.41, 5.74) is -0.409. The lowest BCUT2D eigenvalue weighted by atomic mass is 10.0. The highest BCUT2D eigenvalue weighted by atomic mass is 19.4. The average molecular weight is 366 g/mol. The van der Waals surface area contributed by atoms with E-state index in [0.29, 0.717) is 5.56 Å². The van der Waals surface area contributed by atoms with Gasteiger partial charge in [-0.15, -0.1) is 0 Å². The number of carboxylic acids is 1. The number of pyridine rings is 1. The first-order valence-corrected chi connectivity index (χ1v) is 7.81. The maximum Gasteiger partial charge on any atom is 0.433 e. The third-order valence-electron chi connectivity index (χ3n) is 3.78. The quantitative estimate of drug-likeness (QED) is 0.816. The molecule has 0 fully saturated rings. The second kappa shape index (κ2) is 7.99. The number of hydrogen-bond acceptors (Lipinski definition) is 3. The number of carbonyl (C=O) groups excluding carboxylic acids is 1. The van der Waals surface area contributed by atoms with Gasteiger partial charge in [0.2, 0.25) is 0 Å². The summed E-state index contributed by atoms with van der Waals surface area (Å²) in [5.74, 6) is -1.62. The normalized spacial score (nSPS) is 12.5. The van der Waals surface area contributed by atoms with E-state index >= 15 is 0 Å². The van der Waals surface area contributed by atoms with Crippen LogP contribution in [0.3, 0.4) is 0 Å². The molecule has 1 heterocycles. The van der Waals surface area contributed by atoms with Gasteiger partial charge in [0, 0.05) is 6.42 Å². The van der Waals surface area contributed by atoms with E-state index in [2.05, 4.69) is 10.3 Å². The molecule has 8 heteroatoms. The molecule has 0 saturated heterocycles. The number of nitrogens with one attached hydrogen (secondary N) is 1. The Morgan fingerprint density at radius 3 is 2.35 bits per heavy atom. The van der Waals surface area contributed by atoms with Crippen molar-refractivity contribution in [3.8, 4) is 0 Å². The van der Waals surface area contributed by atoms with Gasteiger partial charge in [-0.25, -0.2) is 4.98 Å². The summed E-state index contributed by atoms with van der Waals surface area (Å²) in [5, 5.41) is 11.6. The number of benzene rings is 1. The standard InChI is InChI=1S/C18H17F3N2O3/c1-11-13(7-9-15(22-11)18(19,20)21)17(26)23-14(8-10-16(24)25)12-5-3-2-4-6-12/h2-7,9,14H,8,10H2,1H3,(H,23,26)(H,24,25). The Kier molecular flexibility index (Phi) is 5.97. The van der Waals surface area contributed by atoms with Gasteiger partial charge in [0.25, 0.3) is 5.91 Å². The molecular weight excluding hydrogens is 349 g/mol. The number of hydrogen-bond donors (Lipinski definition) is 2. The number of halogens is 3. The summed E-state index contributed by atoms with van der Waals surface area (Å²) in [4.78, 5) is 26.8. The van der Waals surface area contributed by atoms with E-state index < -0.39 is 29.8 Å². The topological polar surface area (TPSA) is 79.3 Å². The van der Waals surface area contributed by atoms with Crippen molar-refractivity contribution < 1.29 is 27.9 Å². The van der Waals surface area contributed by atoms with Crippen molar-refractivity contribution in [2.24, 2.45) is 0 Å². The van der Waals surface area contributed by atoms with Gasteiger partial charge in [-0.2, -0.15) is 13.2 Å². The number of amides is 1. The molecule has 0 bridgehead atoms. The van der Waals surface area contributed by atoms with Gasteiger partial charge in [-0.3, -0.25) is 9.59 Å². The Balaban J connectivity index is 2.22. The molecule has 5 nitrogen and oxygen atoms in total. The molecule has 1 atom stereocenters. The third-order valence-corrected chi connectivity index (χ3v) is 3.78. The Labute approximate surface area is 147 Å². The molecule has 0 aliphatic heterocycles. The molecule has 0 saturated carbocycles. The van der Waals surface area contributed by atoms with Gasteiger partial charge < -0.3 is 10.4 Å². The monoisotopic (exact) mass is 366 g/mol. The van der Waals surface area contributed by atoms with Crippen molar-refractivity contribution in [1.29, 1.82) is 0 Å². The first-order chi connectivity index (χ1) is 12.2. The van der Waals surface area contributed by atoms with E-state index in [4.69, 9.17) is 5.11 Å². The molecule has 0 spiro atoms. The van der Waals surface area contributed by atoms with Crippen LogP contribution in [0.5, 0.6) is 0 Å². The van der Waals surface area contributed by atoms with Gasteiger partial charge in [0.05, 0.1) is 17.3 Å². The minimum Gasteiger partial charge on any atom is -0.481 e. The van der Waals surface area contributed by atoms with Crippen molar-refractivity contribution in [3.63, 3.8) is 0 Å². The number of aromatic nitrogens is 1. The van der Waals surface area contributed by atoms with Gasteiger partial charge in [0.15, 0.2) is 0 Å². The molecular formula is C18H17F3N2O3. The van der Waals surface area contributed by atoms with Crippen LogP contribution in [0, 0.1) is 6.92 Å². The van der Waals surface area contributed by atoms with Crippen molar-refractivity contribution in [2.45, 2.75) is 32.0 Å². The van der Waals surface area contributed by atoms with Gasteiger partial charge >= 0.3 is 12.1 Å². The average Bonchev–Trinajstić information content (AvgIpc) is 2.58. The predicted molar refractivity (Wildman–Crippen MR) is 87.5 cm³/mol. The molecule has 1 aromatic heterocycles. The van der Waals surface area contributed by atoms with Gasteiger partial charge in [-0.05, 0) is 31.0 Å². The molecule has 138 valence electrons. The summed E-state index contributed by atoms with van der Waals surface area (Å²) in [7, 11) is 0. The maximum atomic E-state index is 12.7. The predicted octanol–water partition coefficient (Wildman–Crippen LogP) is 3.74. The number of alkyl halides is 3. The number of carbonyl (C=O) groups is 2. The largest absolute Gasteiger partial charge is 0.481 e. The van der Waals surface area contributed by atoms with Crippen molar-refractivity contribution in [3.05, 3.63) is 65.0 Å². The zero-order valence-electron chi connectivity index (χ0n) is 13.9. The van der Waals surface area contributed by atoms with Crippen LogP contribution in [0.4, 0.5) is 13.2 Å². The lowest BCUT2D eigenvalue weighted by molar-refractivity contribution is -0.141. The highest BCUT2D eigenvalue weighted by molar-refractivity contribution is 5.95. The number of aliphatic carboxylic acids is 1. The maximum absolute atomic E-state index is 12.7. The Bertz CT molecular complexity index is 792. The number of carboxylic acid groups (broad SMARTS) is 1. The molecule has 1 amide bonds. The minimum absolute atomic E-state index is 0.00857. The van der Waals surface area contributed by atoms with Crippen LogP contribution in [0.15, 0.2) is 42.5 Å². The third kappa shape index (κ3) is 5.05. The summed E-state index contributed by atoms with van der Waals surface area (Å²) >= 11 is 0. The smallest absolute Gasteiger partial charge is 0.433 e. The van der Waals surface area contributed by atoms with Crippen molar-refractivity contribution in [1.82, 2.24) is 10.3 Å². The lowest BCUT2D eigenvalue weighted by Crippen LogP contribution is -2.30. The van der Waals surface area contributed by atoms with Crippen LogP contribution >= 0.6 is 0 Å². The summed E-state index contributed by atoms with van der Waals surface area (Å²) in [6, 6.07) is 10.00. The molecule has 26 heavy (non-hydrogen) atoms. The van der Waals surface area contributed by atoms with E-state index in [1.807, 2.05) is 0 Å². The van der Waals surface area contributed by atoms with Gasteiger partial charge in [-0.1, -0.05) is 30.3 Å². The SMILES string of the molecule is Cc1nc(C(F)(F)F)ccc1C(=O)NC(CCC(=O)O)c1ccccc1. The van der Waals surface area contributed by atoms with E-state index in [1.165, 1.54) is 6.92 Å². The molecule has 0 radical (unpaired) electrons. The second-order valence-corrected chi connectivity index (χ2v) is 5.70. The number of aryl methyl sites for hydroxylation is 1. The van der Waals surface area contributed by atoms with E-state index in [9.17, 15) is 22.8 Å². The molecule has 1 aromatic carbocycles. The van der Waals surface area contributed by atoms with Crippen LogP contribution in [0.25, 0.3) is 0 Å². The molecule has 1 unspecified atom stereocenters. The minimum atomic E-state index is -4.59. The van der Waals surface area contributed by atoms with Crippen molar-refractivity contribution >= 4 is 11.9 Å². The van der Waals surface area contributed by atoms with Crippen LogP contribution in [-0.4, -0.2) is 22.0 Å². The highest BCUT2D eigenvalue weighted by Gasteiger charge is 2.33. The van der Waals surface area contributed by atoms with Crippen molar-refractivity contribution in [2.75, 3.05) is 0 Å². The van der Waals surface area contributed by atoms with Gasteiger partial charge in [0.1, 0.15) is 5.69 Å². The fourth-order valence-corrected chi connectivity index (χ4v) is 2.47. The van der Waals surface area contributed by atoms with Crippen LogP contribution in [0.2, 0.25) is 0 Å².